The van der Waals surface area contributed by atoms with Crippen LogP contribution < -0.4 is 10.6 Å². The molecule has 0 heterocycles. The number of hydrogen-bond donors (Lipinski definition) is 3. The van der Waals surface area contributed by atoms with Crippen molar-refractivity contribution in [2.24, 2.45) is 5.92 Å². The molecule has 1 aliphatic carbocycles. The first-order valence-electron chi connectivity index (χ1n) is 7.02. The number of anilines is 1. The Bertz CT molecular complexity index is 540. The largest absolute Gasteiger partial charge is 0.481 e. The van der Waals surface area contributed by atoms with Crippen LogP contribution in [0.3, 0.4) is 0 Å². The monoisotopic (exact) mass is 354 g/mol. The van der Waals surface area contributed by atoms with Gasteiger partial charge in [-0.25, -0.2) is 4.79 Å². The van der Waals surface area contributed by atoms with Crippen LogP contribution in [0.4, 0.5) is 10.5 Å². The Morgan fingerprint density at radius 1 is 1.24 bits per heavy atom. The molecule has 0 aliphatic heterocycles. The second-order valence-corrected chi connectivity index (χ2v) is 6.32. The Balaban J connectivity index is 1.84. The van der Waals surface area contributed by atoms with E-state index in [-0.39, 0.29) is 18.0 Å². The van der Waals surface area contributed by atoms with E-state index in [4.69, 9.17) is 5.11 Å². The summed E-state index contributed by atoms with van der Waals surface area (Å²) in [6, 6.07) is 5.51. The lowest BCUT2D eigenvalue weighted by Crippen LogP contribution is -2.41. The molecule has 0 atom stereocenters. The SMILES string of the molecule is Cc1ccc(NC(=O)NC2CCC(C(=O)O)CC2)c(Br)c1. The second kappa shape index (κ2) is 6.93. The number of aliphatic carboxylic acids is 1. The van der Waals surface area contributed by atoms with E-state index in [1.54, 1.807) is 0 Å². The van der Waals surface area contributed by atoms with E-state index < -0.39 is 5.97 Å². The summed E-state index contributed by atoms with van der Waals surface area (Å²) in [4.78, 5) is 22.9. The fourth-order valence-corrected chi connectivity index (χ4v) is 3.14. The van der Waals surface area contributed by atoms with Crippen LogP contribution in [0.1, 0.15) is 31.2 Å². The summed E-state index contributed by atoms with van der Waals surface area (Å²) in [5, 5.41) is 14.7. The summed E-state index contributed by atoms with van der Waals surface area (Å²) in [6.07, 6.45) is 2.65. The molecule has 1 aliphatic rings. The highest BCUT2D eigenvalue weighted by molar-refractivity contribution is 9.10. The van der Waals surface area contributed by atoms with Gasteiger partial charge in [0.05, 0.1) is 11.6 Å². The van der Waals surface area contributed by atoms with E-state index in [1.165, 1.54) is 0 Å². The zero-order chi connectivity index (χ0) is 15.4. The van der Waals surface area contributed by atoms with Gasteiger partial charge in [-0.05, 0) is 66.2 Å². The van der Waals surface area contributed by atoms with E-state index in [1.807, 2.05) is 25.1 Å². The predicted octanol–water partition coefficient (Wildman–Crippen LogP) is 3.52. The van der Waals surface area contributed by atoms with Crippen molar-refractivity contribution < 1.29 is 14.7 Å². The van der Waals surface area contributed by atoms with Gasteiger partial charge in [-0.2, -0.15) is 0 Å². The Kier molecular flexibility index (Phi) is 5.22. The molecule has 0 unspecified atom stereocenters. The maximum absolute atomic E-state index is 12.0. The molecule has 0 spiro atoms. The van der Waals surface area contributed by atoms with Crippen molar-refractivity contribution in [2.75, 3.05) is 5.32 Å². The third kappa shape index (κ3) is 4.46. The lowest BCUT2D eigenvalue weighted by molar-refractivity contribution is -0.142. The van der Waals surface area contributed by atoms with Crippen molar-refractivity contribution in [2.45, 2.75) is 38.6 Å². The number of carboxylic acid groups (broad SMARTS) is 1. The van der Waals surface area contributed by atoms with Gasteiger partial charge in [-0.15, -0.1) is 0 Å². The zero-order valence-corrected chi connectivity index (χ0v) is 13.4. The van der Waals surface area contributed by atoms with Gasteiger partial charge in [0.25, 0.3) is 0 Å². The molecule has 1 aromatic carbocycles. The Morgan fingerprint density at radius 2 is 1.90 bits per heavy atom. The van der Waals surface area contributed by atoms with Crippen LogP contribution in [0.15, 0.2) is 22.7 Å². The molecule has 2 amide bonds. The van der Waals surface area contributed by atoms with Gasteiger partial charge in [0.15, 0.2) is 0 Å². The number of carbonyl (C=O) groups is 2. The van der Waals surface area contributed by atoms with Gasteiger partial charge in [0.1, 0.15) is 0 Å². The van der Waals surface area contributed by atoms with E-state index in [0.717, 1.165) is 15.7 Å². The molecular formula is C15H19BrN2O3. The molecule has 21 heavy (non-hydrogen) atoms. The van der Waals surface area contributed by atoms with Gasteiger partial charge < -0.3 is 15.7 Å². The third-order valence-corrected chi connectivity index (χ3v) is 4.44. The molecule has 6 heteroatoms. The maximum atomic E-state index is 12.0. The Labute approximate surface area is 132 Å². The van der Waals surface area contributed by atoms with Crippen LogP contribution in [-0.4, -0.2) is 23.1 Å². The molecule has 2 rings (SSSR count). The summed E-state index contributed by atoms with van der Waals surface area (Å²) < 4.78 is 0.840. The Hall–Kier alpha value is -1.56. The number of halogens is 1. The van der Waals surface area contributed by atoms with E-state index in [2.05, 4.69) is 26.6 Å². The molecule has 5 nitrogen and oxygen atoms in total. The van der Waals surface area contributed by atoms with Crippen LogP contribution in [-0.2, 0) is 4.79 Å². The van der Waals surface area contributed by atoms with Crippen molar-refractivity contribution in [1.29, 1.82) is 0 Å². The van der Waals surface area contributed by atoms with Gasteiger partial charge in [0.2, 0.25) is 0 Å². The highest BCUT2D eigenvalue weighted by atomic mass is 79.9. The average Bonchev–Trinajstić information content (AvgIpc) is 2.42. The minimum absolute atomic E-state index is 0.0461. The topological polar surface area (TPSA) is 78.4 Å². The average molecular weight is 355 g/mol. The first kappa shape index (κ1) is 15.8. The molecule has 1 saturated carbocycles. The summed E-state index contributed by atoms with van der Waals surface area (Å²) in [6.45, 7) is 1.98. The lowest BCUT2D eigenvalue weighted by atomic mass is 9.86. The van der Waals surface area contributed by atoms with Crippen LogP contribution in [0.5, 0.6) is 0 Å². The van der Waals surface area contributed by atoms with Crippen LogP contribution >= 0.6 is 15.9 Å². The Morgan fingerprint density at radius 3 is 2.48 bits per heavy atom. The number of urea groups is 1. The molecule has 114 valence electrons. The van der Waals surface area contributed by atoms with Crippen LogP contribution in [0.25, 0.3) is 0 Å². The molecule has 3 N–H and O–H groups in total. The number of benzene rings is 1. The van der Waals surface area contributed by atoms with Crippen molar-refractivity contribution >= 4 is 33.6 Å². The number of aryl methyl sites for hydroxylation is 1. The van der Waals surface area contributed by atoms with Crippen molar-refractivity contribution in [1.82, 2.24) is 5.32 Å². The lowest BCUT2D eigenvalue weighted by Gasteiger charge is -2.26. The number of amides is 2. The molecule has 0 aromatic heterocycles. The van der Waals surface area contributed by atoms with E-state index in [0.29, 0.717) is 25.7 Å². The minimum atomic E-state index is -0.735. The number of carboxylic acids is 1. The quantitative estimate of drug-likeness (QED) is 0.776. The van der Waals surface area contributed by atoms with Crippen molar-refractivity contribution in [3.8, 4) is 0 Å². The van der Waals surface area contributed by atoms with Gasteiger partial charge in [0, 0.05) is 10.5 Å². The molecule has 1 aromatic rings. The smallest absolute Gasteiger partial charge is 0.319 e. The molecule has 0 saturated heterocycles. The molecule has 1 fully saturated rings. The third-order valence-electron chi connectivity index (χ3n) is 3.78. The number of carbonyl (C=O) groups excluding carboxylic acids is 1. The van der Waals surface area contributed by atoms with Crippen LogP contribution in [0.2, 0.25) is 0 Å². The summed E-state index contributed by atoms with van der Waals surface area (Å²) >= 11 is 3.42. The fourth-order valence-electron chi connectivity index (χ4n) is 2.55. The van der Waals surface area contributed by atoms with E-state index in [9.17, 15) is 9.59 Å². The normalized spacial score (nSPS) is 21.6. The summed E-state index contributed by atoms with van der Waals surface area (Å²) in [5.41, 5.74) is 1.83. The zero-order valence-electron chi connectivity index (χ0n) is 11.9. The second-order valence-electron chi connectivity index (χ2n) is 5.47. The maximum Gasteiger partial charge on any atom is 0.319 e. The minimum Gasteiger partial charge on any atom is -0.481 e. The highest BCUT2D eigenvalue weighted by Crippen LogP contribution is 2.25. The predicted molar refractivity (Wildman–Crippen MR) is 84.4 cm³/mol. The van der Waals surface area contributed by atoms with Gasteiger partial charge in [-0.3, -0.25) is 4.79 Å². The number of hydrogen-bond acceptors (Lipinski definition) is 2. The standard InChI is InChI=1S/C15H19BrN2O3/c1-9-2-7-13(12(16)8-9)18-15(21)17-11-5-3-10(4-6-11)14(19)20/h2,7-8,10-11H,3-6H2,1H3,(H,19,20)(H2,17,18,21). The van der Waals surface area contributed by atoms with Crippen LogP contribution in [0, 0.1) is 12.8 Å². The van der Waals surface area contributed by atoms with Crippen molar-refractivity contribution in [3.05, 3.63) is 28.2 Å². The molecule has 0 radical (unpaired) electrons. The highest BCUT2D eigenvalue weighted by Gasteiger charge is 2.26. The first-order chi connectivity index (χ1) is 9.95. The fraction of sp³-hybridized carbons (Fsp3) is 0.467. The van der Waals surface area contributed by atoms with Gasteiger partial charge in [-0.1, -0.05) is 6.07 Å². The van der Waals surface area contributed by atoms with Gasteiger partial charge >= 0.3 is 12.0 Å². The summed E-state index contributed by atoms with van der Waals surface area (Å²) in [7, 11) is 0. The van der Waals surface area contributed by atoms with E-state index >= 15 is 0 Å². The molecular weight excluding hydrogens is 336 g/mol. The molecule has 0 bridgehead atoms. The number of nitrogens with one attached hydrogen (secondary N) is 2. The summed E-state index contributed by atoms with van der Waals surface area (Å²) in [5.74, 6) is -1.00. The number of rotatable bonds is 3. The van der Waals surface area contributed by atoms with Crippen molar-refractivity contribution in [3.63, 3.8) is 0 Å². The first-order valence-corrected chi connectivity index (χ1v) is 7.81.